The molecule has 1 aromatic carbocycles. The van der Waals surface area contributed by atoms with E-state index in [1.807, 2.05) is 6.07 Å². The lowest BCUT2D eigenvalue weighted by Crippen LogP contribution is -2.28. The number of benzene rings is 1. The molecular weight excluding hydrogens is 349 g/mol. The molecule has 0 spiro atoms. The quantitative estimate of drug-likeness (QED) is 0.643. The Hall–Kier alpha value is -1.31. The lowest BCUT2D eigenvalue weighted by Gasteiger charge is -2.10. The molecule has 1 aliphatic heterocycles. The van der Waals surface area contributed by atoms with Gasteiger partial charge in [-0.1, -0.05) is 0 Å². The monoisotopic (exact) mass is 361 g/mol. The fourth-order valence-corrected chi connectivity index (χ4v) is 2.16. The molecule has 0 radical (unpaired) electrons. The minimum Gasteiger partial charge on any atom is -0.507 e. The molecule has 2 unspecified atom stereocenters. The summed E-state index contributed by atoms with van der Waals surface area (Å²) in [7, 11) is 1.31. The number of rotatable bonds is 2. The molecule has 96 valence electrons. The first-order chi connectivity index (χ1) is 8.52. The number of carbonyl (C=O) groups excluding carboxylic acids is 1. The van der Waals surface area contributed by atoms with Crippen LogP contribution >= 0.6 is 22.6 Å². The molecule has 2 rings (SSSR count). The van der Waals surface area contributed by atoms with Crippen LogP contribution in [0.1, 0.15) is 12.5 Å². The normalized spacial score (nSPS) is 22.3. The maximum Gasteiger partial charge on any atom is 0.334 e. The van der Waals surface area contributed by atoms with Gasteiger partial charge in [0.25, 0.3) is 0 Å². The van der Waals surface area contributed by atoms with Crippen molar-refractivity contribution in [2.45, 2.75) is 19.1 Å². The molecule has 0 saturated carbocycles. The van der Waals surface area contributed by atoms with Gasteiger partial charge in [-0.15, -0.1) is 0 Å². The van der Waals surface area contributed by atoms with E-state index in [1.54, 1.807) is 19.1 Å². The molecule has 0 saturated heterocycles. The summed E-state index contributed by atoms with van der Waals surface area (Å²) in [6, 6.07) is 4.47. The third-order valence-corrected chi connectivity index (χ3v) is 3.30. The van der Waals surface area contributed by atoms with Gasteiger partial charge in [-0.3, -0.25) is 0 Å². The minimum atomic E-state index is -0.677. The van der Waals surface area contributed by atoms with Crippen molar-refractivity contribution in [1.82, 2.24) is 0 Å². The van der Waals surface area contributed by atoms with Crippen molar-refractivity contribution in [3.8, 4) is 5.75 Å². The molecule has 0 aliphatic carbocycles. The second-order valence-electron chi connectivity index (χ2n) is 3.89. The Morgan fingerprint density at radius 3 is 2.89 bits per heavy atom. The van der Waals surface area contributed by atoms with Gasteiger partial charge in [-0.05, 0) is 47.7 Å². The number of esters is 1. The van der Waals surface area contributed by atoms with Crippen LogP contribution in [-0.4, -0.2) is 36.2 Å². The number of hydrogen-bond donors (Lipinski definition) is 1. The number of methoxy groups -OCH3 is 1. The highest BCUT2D eigenvalue weighted by molar-refractivity contribution is 14.1. The van der Waals surface area contributed by atoms with Gasteiger partial charge in [0.1, 0.15) is 11.9 Å². The van der Waals surface area contributed by atoms with Crippen LogP contribution in [0.15, 0.2) is 23.2 Å². The van der Waals surface area contributed by atoms with E-state index in [9.17, 15) is 9.90 Å². The summed E-state index contributed by atoms with van der Waals surface area (Å²) >= 11 is 2.10. The topological polar surface area (TPSA) is 68.1 Å². The van der Waals surface area contributed by atoms with Crippen molar-refractivity contribution in [2.24, 2.45) is 4.99 Å². The smallest absolute Gasteiger partial charge is 0.334 e. The number of hydrogen-bond acceptors (Lipinski definition) is 5. The van der Waals surface area contributed by atoms with Crippen molar-refractivity contribution in [3.05, 3.63) is 27.3 Å². The van der Waals surface area contributed by atoms with Crippen molar-refractivity contribution >= 4 is 34.5 Å². The van der Waals surface area contributed by atoms with Crippen LogP contribution in [0, 0.1) is 3.57 Å². The van der Waals surface area contributed by atoms with Crippen molar-refractivity contribution < 1.29 is 19.4 Å². The third kappa shape index (κ3) is 2.43. The molecule has 0 fully saturated rings. The Labute approximate surface area is 118 Å². The first kappa shape index (κ1) is 13.1. The highest BCUT2D eigenvalue weighted by Crippen LogP contribution is 2.26. The zero-order valence-corrected chi connectivity index (χ0v) is 12.0. The Balaban J connectivity index is 2.32. The molecule has 2 atom stereocenters. The van der Waals surface area contributed by atoms with Gasteiger partial charge < -0.3 is 14.6 Å². The fraction of sp³-hybridized carbons (Fsp3) is 0.333. The van der Waals surface area contributed by atoms with Gasteiger partial charge in [0, 0.05) is 3.57 Å². The highest BCUT2D eigenvalue weighted by Gasteiger charge is 2.35. The maximum atomic E-state index is 11.5. The Morgan fingerprint density at radius 1 is 1.56 bits per heavy atom. The lowest BCUT2D eigenvalue weighted by molar-refractivity contribution is -0.143. The largest absolute Gasteiger partial charge is 0.507 e. The first-order valence-corrected chi connectivity index (χ1v) is 6.42. The van der Waals surface area contributed by atoms with Crippen LogP contribution in [0.2, 0.25) is 0 Å². The van der Waals surface area contributed by atoms with Gasteiger partial charge in [-0.2, -0.15) is 0 Å². The number of nitrogens with zero attached hydrogens (tertiary/aromatic N) is 1. The number of phenolic OH excluding ortho intramolecular Hbond substituents is 1. The van der Waals surface area contributed by atoms with Gasteiger partial charge >= 0.3 is 5.97 Å². The molecule has 5 nitrogen and oxygen atoms in total. The zero-order chi connectivity index (χ0) is 13.3. The molecule has 1 aliphatic rings. The summed E-state index contributed by atoms with van der Waals surface area (Å²) in [5, 5.41) is 9.84. The number of phenols is 1. The molecular formula is C12H12INO4. The second kappa shape index (κ2) is 5.13. The molecule has 18 heavy (non-hydrogen) atoms. The van der Waals surface area contributed by atoms with Crippen molar-refractivity contribution in [3.63, 3.8) is 0 Å². The van der Waals surface area contributed by atoms with Crippen LogP contribution in [-0.2, 0) is 14.3 Å². The maximum absolute atomic E-state index is 11.5. The van der Waals surface area contributed by atoms with E-state index < -0.39 is 18.1 Å². The molecule has 1 heterocycles. The van der Waals surface area contributed by atoms with E-state index >= 15 is 0 Å². The molecule has 0 amide bonds. The van der Waals surface area contributed by atoms with Crippen LogP contribution in [0.5, 0.6) is 5.75 Å². The summed E-state index contributed by atoms with van der Waals surface area (Å²) in [5.74, 6) is -0.0901. The Morgan fingerprint density at radius 2 is 2.28 bits per heavy atom. The highest BCUT2D eigenvalue weighted by atomic mass is 127. The predicted molar refractivity (Wildman–Crippen MR) is 73.7 cm³/mol. The molecule has 6 heteroatoms. The minimum absolute atomic E-state index is 0.0818. The van der Waals surface area contributed by atoms with E-state index in [1.165, 1.54) is 7.11 Å². The molecule has 1 aromatic rings. The first-order valence-electron chi connectivity index (χ1n) is 5.34. The van der Waals surface area contributed by atoms with E-state index in [4.69, 9.17) is 4.74 Å². The number of aromatic hydroxyl groups is 1. The van der Waals surface area contributed by atoms with Gasteiger partial charge in [-0.25, -0.2) is 9.79 Å². The standard InChI is InChI=1S/C12H12INO4/c1-6-10(12(16)17-2)14-11(18-6)8-4-3-7(13)5-9(8)15/h3-6,10,15H,1-2H3. The van der Waals surface area contributed by atoms with Crippen LogP contribution in [0.25, 0.3) is 0 Å². The summed E-state index contributed by atoms with van der Waals surface area (Å²) < 4.78 is 11.0. The molecule has 1 N–H and O–H groups in total. The Kier molecular flexibility index (Phi) is 3.74. The van der Waals surface area contributed by atoms with Crippen LogP contribution in [0.3, 0.4) is 0 Å². The van der Waals surface area contributed by atoms with E-state index in [2.05, 4.69) is 32.3 Å². The van der Waals surface area contributed by atoms with E-state index in [-0.39, 0.29) is 11.6 Å². The van der Waals surface area contributed by atoms with Crippen molar-refractivity contribution in [1.29, 1.82) is 0 Å². The van der Waals surface area contributed by atoms with Crippen LogP contribution < -0.4 is 0 Å². The predicted octanol–water partition coefficient (Wildman–Crippen LogP) is 1.70. The fourth-order valence-electron chi connectivity index (χ4n) is 1.69. The Bertz CT molecular complexity index is 515. The summed E-state index contributed by atoms with van der Waals surface area (Å²) in [4.78, 5) is 15.6. The van der Waals surface area contributed by atoms with Crippen molar-refractivity contribution in [2.75, 3.05) is 7.11 Å². The number of aliphatic imine (C=N–C) groups is 1. The SMILES string of the molecule is COC(=O)C1N=C(c2ccc(I)cc2O)OC1C. The summed E-state index contributed by atoms with van der Waals surface area (Å²) in [5.41, 5.74) is 0.480. The summed E-state index contributed by atoms with van der Waals surface area (Å²) in [6.07, 6.45) is -0.397. The van der Waals surface area contributed by atoms with E-state index in [0.717, 1.165) is 3.57 Å². The molecule has 0 aromatic heterocycles. The number of ether oxygens (including phenoxy) is 2. The number of carbonyl (C=O) groups is 1. The average molecular weight is 361 g/mol. The van der Waals surface area contributed by atoms with Gasteiger partial charge in [0.2, 0.25) is 5.90 Å². The van der Waals surface area contributed by atoms with Gasteiger partial charge in [0.15, 0.2) is 6.04 Å². The molecule has 0 bridgehead atoms. The summed E-state index contributed by atoms with van der Waals surface area (Å²) in [6.45, 7) is 1.74. The number of halogens is 1. The third-order valence-electron chi connectivity index (χ3n) is 2.63. The van der Waals surface area contributed by atoms with Gasteiger partial charge in [0.05, 0.1) is 12.7 Å². The second-order valence-corrected chi connectivity index (χ2v) is 5.13. The average Bonchev–Trinajstić information content (AvgIpc) is 2.70. The zero-order valence-electron chi connectivity index (χ0n) is 9.88. The van der Waals surface area contributed by atoms with E-state index in [0.29, 0.717) is 5.56 Å². The lowest BCUT2D eigenvalue weighted by atomic mass is 10.2. The van der Waals surface area contributed by atoms with Crippen LogP contribution in [0.4, 0.5) is 0 Å².